The van der Waals surface area contributed by atoms with Gasteiger partial charge in [-0.05, 0) is 47.4 Å². The van der Waals surface area contributed by atoms with Crippen molar-refractivity contribution in [2.24, 2.45) is 0 Å². The van der Waals surface area contributed by atoms with Crippen molar-refractivity contribution in [3.63, 3.8) is 0 Å². The summed E-state index contributed by atoms with van der Waals surface area (Å²) in [4.78, 5) is 16.2. The van der Waals surface area contributed by atoms with Gasteiger partial charge < -0.3 is 4.74 Å². The summed E-state index contributed by atoms with van der Waals surface area (Å²) in [6, 6.07) is 18.0. The van der Waals surface area contributed by atoms with E-state index in [1.807, 2.05) is 12.1 Å². The Bertz CT molecular complexity index is 838. The lowest BCUT2D eigenvalue weighted by Crippen LogP contribution is -2.18. The average molecular weight is 289 g/mol. The molecule has 0 aliphatic heterocycles. The summed E-state index contributed by atoms with van der Waals surface area (Å²) in [6.45, 7) is 0. The van der Waals surface area contributed by atoms with Crippen LogP contribution in [0.4, 0.5) is 0 Å². The second kappa shape index (κ2) is 4.95. The number of hydrogen-bond acceptors (Lipinski definition) is 3. The third-order valence-corrected chi connectivity index (χ3v) is 4.16. The van der Waals surface area contributed by atoms with Crippen LogP contribution in [-0.4, -0.2) is 11.0 Å². The summed E-state index contributed by atoms with van der Waals surface area (Å²) >= 11 is 0. The fourth-order valence-corrected chi connectivity index (χ4v) is 2.76. The number of benzene rings is 2. The molecular formula is C19H15NO2. The smallest absolute Gasteiger partial charge is 0.340 e. The zero-order chi connectivity index (χ0) is 15.0. The SMILES string of the molecule is O=C(OC1(c2ccc3ccccc3c2)CC1)c1cccnc1. The zero-order valence-electron chi connectivity index (χ0n) is 12.0. The maximum Gasteiger partial charge on any atom is 0.340 e. The molecule has 1 aliphatic rings. The second-order valence-corrected chi connectivity index (χ2v) is 5.69. The van der Waals surface area contributed by atoms with Gasteiger partial charge in [-0.3, -0.25) is 4.98 Å². The van der Waals surface area contributed by atoms with Gasteiger partial charge in [0.1, 0.15) is 5.60 Å². The standard InChI is InChI=1S/C19H15NO2/c21-18(16-6-3-11-20-13-16)22-19(9-10-19)17-8-7-14-4-1-2-5-15(14)12-17/h1-8,11-13H,9-10H2. The Labute approximate surface area is 128 Å². The molecule has 1 saturated carbocycles. The Hall–Kier alpha value is -2.68. The van der Waals surface area contributed by atoms with Crippen molar-refractivity contribution in [3.05, 3.63) is 78.1 Å². The van der Waals surface area contributed by atoms with Crippen molar-refractivity contribution < 1.29 is 9.53 Å². The molecule has 0 amide bonds. The number of rotatable bonds is 3. The van der Waals surface area contributed by atoms with E-state index in [0.29, 0.717) is 5.56 Å². The highest BCUT2D eigenvalue weighted by molar-refractivity contribution is 5.89. The van der Waals surface area contributed by atoms with Gasteiger partial charge in [0.25, 0.3) is 0 Å². The molecule has 1 fully saturated rings. The number of pyridine rings is 1. The fraction of sp³-hybridized carbons (Fsp3) is 0.158. The minimum atomic E-state index is -0.461. The van der Waals surface area contributed by atoms with Crippen molar-refractivity contribution in [1.82, 2.24) is 4.98 Å². The second-order valence-electron chi connectivity index (χ2n) is 5.69. The molecule has 0 unspecified atom stereocenters. The Balaban J connectivity index is 1.64. The zero-order valence-corrected chi connectivity index (χ0v) is 12.0. The topological polar surface area (TPSA) is 39.2 Å². The quantitative estimate of drug-likeness (QED) is 0.682. The van der Waals surface area contributed by atoms with Gasteiger partial charge in [-0.15, -0.1) is 0 Å². The van der Waals surface area contributed by atoms with Crippen molar-refractivity contribution in [2.45, 2.75) is 18.4 Å². The number of ether oxygens (including phenoxy) is 1. The van der Waals surface area contributed by atoms with Crippen LogP contribution in [-0.2, 0) is 10.3 Å². The van der Waals surface area contributed by atoms with Crippen LogP contribution in [0.5, 0.6) is 0 Å². The number of nitrogens with zero attached hydrogens (tertiary/aromatic N) is 1. The molecule has 0 saturated heterocycles. The molecule has 0 bridgehead atoms. The molecular weight excluding hydrogens is 274 g/mol. The molecule has 1 aromatic heterocycles. The monoisotopic (exact) mass is 289 g/mol. The molecule has 3 heteroatoms. The minimum Gasteiger partial charge on any atom is -0.451 e. The predicted octanol–water partition coefficient (Wildman–Crippen LogP) is 4.08. The van der Waals surface area contributed by atoms with E-state index < -0.39 is 5.60 Å². The molecule has 108 valence electrons. The van der Waals surface area contributed by atoms with Crippen LogP contribution in [0.1, 0.15) is 28.8 Å². The largest absolute Gasteiger partial charge is 0.451 e. The lowest BCUT2D eigenvalue weighted by Gasteiger charge is -2.17. The molecule has 3 aromatic rings. The Morgan fingerprint density at radius 2 is 1.82 bits per heavy atom. The van der Waals surface area contributed by atoms with Crippen LogP contribution >= 0.6 is 0 Å². The number of carbonyl (C=O) groups excluding carboxylic acids is 1. The summed E-state index contributed by atoms with van der Waals surface area (Å²) < 4.78 is 5.79. The first-order chi connectivity index (χ1) is 10.8. The Kier molecular flexibility index (Phi) is 2.93. The van der Waals surface area contributed by atoms with E-state index in [4.69, 9.17) is 4.74 Å². The van der Waals surface area contributed by atoms with Crippen LogP contribution in [0, 0.1) is 0 Å². The van der Waals surface area contributed by atoms with Gasteiger partial charge in [-0.1, -0.05) is 36.4 Å². The molecule has 0 radical (unpaired) electrons. The van der Waals surface area contributed by atoms with E-state index in [-0.39, 0.29) is 5.97 Å². The van der Waals surface area contributed by atoms with Gasteiger partial charge in [-0.25, -0.2) is 4.79 Å². The third kappa shape index (κ3) is 2.25. The first-order valence-corrected chi connectivity index (χ1v) is 7.40. The van der Waals surface area contributed by atoms with Crippen LogP contribution in [0.15, 0.2) is 67.0 Å². The molecule has 1 heterocycles. The van der Waals surface area contributed by atoms with Gasteiger partial charge in [0.15, 0.2) is 0 Å². The van der Waals surface area contributed by atoms with Gasteiger partial charge in [-0.2, -0.15) is 0 Å². The molecule has 0 atom stereocenters. The van der Waals surface area contributed by atoms with E-state index in [1.54, 1.807) is 24.5 Å². The van der Waals surface area contributed by atoms with Crippen LogP contribution in [0.2, 0.25) is 0 Å². The number of esters is 1. The van der Waals surface area contributed by atoms with E-state index in [0.717, 1.165) is 18.4 Å². The van der Waals surface area contributed by atoms with Crippen molar-refractivity contribution in [3.8, 4) is 0 Å². The van der Waals surface area contributed by atoms with Crippen molar-refractivity contribution in [1.29, 1.82) is 0 Å². The number of carbonyl (C=O) groups is 1. The Morgan fingerprint density at radius 1 is 1.00 bits per heavy atom. The van der Waals surface area contributed by atoms with Gasteiger partial charge in [0.2, 0.25) is 0 Å². The van der Waals surface area contributed by atoms with E-state index >= 15 is 0 Å². The first kappa shape index (κ1) is 13.0. The van der Waals surface area contributed by atoms with E-state index in [1.165, 1.54) is 10.8 Å². The summed E-state index contributed by atoms with van der Waals surface area (Å²) in [6.07, 6.45) is 4.93. The normalized spacial score (nSPS) is 15.5. The van der Waals surface area contributed by atoms with Crippen LogP contribution in [0.25, 0.3) is 10.8 Å². The number of hydrogen-bond donors (Lipinski definition) is 0. The molecule has 3 nitrogen and oxygen atoms in total. The maximum absolute atomic E-state index is 12.3. The van der Waals surface area contributed by atoms with Crippen LogP contribution in [0.3, 0.4) is 0 Å². The number of fused-ring (bicyclic) bond motifs is 1. The third-order valence-electron chi connectivity index (χ3n) is 4.16. The van der Waals surface area contributed by atoms with Crippen molar-refractivity contribution >= 4 is 16.7 Å². The van der Waals surface area contributed by atoms with E-state index in [2.05, 4.69) is 35.3 Å². The molecule has 0 N–H and O–H groups in total. The van der Waals surface area contributed by atoms with Gasteiger partial charge in [0, 0.05) is 12.4 Å². The highest BCUT2D eigenvalue weighted by atomic mass is 16.6. The molecule has 4 rings (SSSR count). The molecule has 22 heavy (non-hydrogen) atoms. The first-order valence-electron chi connectivity index (χ1n) is 7.40. The van der Waals surface area contributed by atoms with Gasteiger partial charge in [0.05, 0.1) is 5.56 Å². The lowest BCUT2D eigenvalue weighted by molar-refractivity contribution is 0.0214. The van der Waals surface area contributed by atoms with Gasteiger partial charge >= 0.3 is 5.97 Å². The highest BCUT2D eigenvalue weighted by Gasteiger charge is 2.48. The molecule has 0 spiro atoms. The van der Waals surface area contributed by atoms with E-state index in [9.17, 15) is 4.79 Å². The summed E-state index contributed by atoms with van der Waals surface area (Å²) in [5.74, 6) is -0.307. The lowest BCUT2D eigenvalue weighted by atomic mass is 10.0. The van der Waals surface area contributed by atoms with Crippen LogP contribution < -0.4 is 0 Å². The predicted molar refractivity (Wildman–Crippen MR) is 84.5 cm³/mol. The molecule has 1 aliphatic carbocycles. The maximum atomic E-state index is 12.3. The molecule has 2 aromatic carbocycles. The summed E-state index contributed by atoms with van der Waals surface area (Å²) in [5, 5.41) is 2.37. The average Bonchev–Trinajstić information content (AvgIpc) is 3.36. The Morgan fingerprint density at radius 3 is 2.55 bits per heavy atom. The highest BCUT2D eigenvalue weighted by Crippen LogP contribution is 2.50. The summed E-state index contributed by atoms with van der Waals surface area (Å²) in [7, 11) is 0. The number of aromatic nitrogens is 1. The minimum absolute atomic E-state index is 0.307. The summed E-state index contributed by atoms with van der Waals surface area (Å²) in [5.41, 5.74) is 1.11. The van der Waals surface area contributed by atoms with Crippen molar-refractivity contribution in [2.75, 3.05) is 0 Å². The fourth-order valence-electron chi connectivity index (χ4n) is 2.76.